The van der Waals surface area contributed by atoms with Crippen LogP contribution in [0.1, 0.15) is 49.9 Å². The lowest BCUT2D eigenvalue weighted by Gasteiger charge is -2.28. The van der Waals surface area contributed by atoms with Crippen LogP contribution in [0.2, 0.25) is 0 Å². The van der Waals surface area contributed by atoms with E-state index in [2.05, 4.69) is 58.6 Å². The number of amides is 1. The first-order valence-electron chi connectivity index (χ1n) is 9.98. The second kappa shape index (κ2) is 9.40. The third-order valence-corrected chi connectivity index (χ3v) is 4.89. The molecule has 0 atom stereocenters. The van der Waals surface area contributed by atoms with Gasteiger partial charge >= 0.3 is 0 Å². The first-order chi connectivity index (χ1) is 13.1. The maximum Gasteiger partial charge on any atom is 0.251 e. The number of rotatable bonds is 7. The molecule has 1 saturated heterocycles. The monoisotopic (exact) mass is 366 g/mol. The van der Waals surface area contributed by atoms with E-state index in [1.165, 1.54) is 24.9 Å². The molecule has 0 radical (unpaired) electrons. The summed E-state index contributed by atoms with van der Waals surface area (Å²) in [5.74, 6) is 1.20. The van der Waals surface area contributed by atoms with E-state index in [4.69, 9.17) is 0 Å². The number of nitrogens with zero attached hydrogens (tertiary/aromatic N) is 2. The first kappa shape index (κ1) is 19.2. The Morgan fingerprint density at radius 1 is 1.11 bits per heavy atom. The molecule has 27 heavy (non-hydrogen) atoms. The molecule has 1 aliphatic rings. The number of piperidine rings is 1. The van der Waals surface area contributed by atoms with Crippen molar-refractivity contribution in [3.8, 4) is 0 Å². The fraction of sp³-hybridized carbons (Fsp3) is 0.455. The molecule has 3 rings (SSSR count). The molecule has 0 bridgehead atoms. The van der Waals surface area contributed by atoms with E-state index in [9.17, 15) is 4.79 Å². The van der Waals surface area contributed by atoms with Crippen LogP contribution in [-0.4, -0.2) is 30.5 Å². The number of anilines is 3. The number of carbonyl (C=O) groups excluding carboxylic acids is 1. The number of carbonyl (C=O) groups is 1. The summed E-state index contributed by atoms with van der Waals surface area (Å²) >= 11 is 0. The lowest BCUT2D eigenvalue weighted by molar-refractivity contribution is 0.0952. The van der Waals surface area contributed by atoms with Crippen LogP contribution in [0.5, 0.6) is 0 Å². The second-order valence-electron chi connectivity index (χ2n) is 7.59. The standard InChI is InChI=1S/C22H30N4O/c1-17(2)10-12-24-22(27)18-11-13-23-21(16-18)25-19-6-8-20(9-7-19)26-14-4-3-5-15-26/h6-9,11,13,16-17H,3-5,10,12,14-15H2,1-2H3,(H,23,25)(H,24,27). The maximum absolute atomic E-state index is 12.3. The van der Waals surface area contributed by atoms with Gasteiger partial charge in [-0.1, -0.05) is 13.8 Å². The van der Waals surface area contributed by atoms with E-state index in [0.29, 0.717) is 23.8 Å². The van der Waals surface area contributed by atoms with Gasteiger partial charge in [-0.3, -0.25) is 4.79 Å². The summed E-state index contributed by atoms with van der Waals surface area (Å²) < 4.78 is 0. The zero-order valence-corrected chi connectivity index (χ0v) is 16.4. The Balaban J connectivity index is 1.59. The summed E-state index contributed by atoms with van der Waals surface area (Å²) in [6, 6.07) is 12.0. The van der Waals surface area contributed by atoms with Gasteiger partial charge in [0.25, 0.3) is 5.91 Å². The smallest absolute Gasteiger partial charge is 0.251 e. The van der Waals surface area contributed by atoms with Gasteiger partial charge in [0.1, 0.15) is 5.82 Å². The molecule has 0 aliphatic carbocycles. The average Bonchev–Trinajstić information content (AvgIpc) is 2.69. The molecule has 2 aromatic rings. The average molecular weight is 367 g/mol. The van der Waals surface area contributed by atoms with Crippen LogP contribution in [-0.2, 0) is 0 Å². The summed E-state index contributed by atoms with van der Waals surface area (Å²) in [6.07, 6.45) is 6.53. The van der Waals surface area contributed by atoms with E-state index in [1.807, 2.05) is 0 Å². The quantitative estimate of drug-likeness (QED) is 0.752. The van der Waals surface area contributed by atoms with Gasteiger partial charge in [-0.15, -0.1) is 0 Å². The highest BCUT2D eigenvalue weighted by molar-refractivity contribution is 5.94. The first-order valence-corrected chi connectivity index (χ1v) is 9.98. The van der Waals surface area contributed by atoms with Crippen LogP contribution >= 0.6 is 0 Å². The highest BCUT2D eigenvalue weighted by atomic mass is 16.1. The predicted molar refractivity (Wildman–Crippen MR) is 112 cm³/mol. The number of hydrogen-bond acceptors (Lipinski definition) is 4. The zero-order valence-electron chi connectivity index (χ0n) is 16.4. The van der Waals surface area contributed by atoms with Gasteiger partial charge < -0.3 is 15.5 Å². The van der Waals surface area contributed by atoms with Crippen LogP contribution < -0.4 is 15.5 Å². The van der Waals surface area contributed by atoms with Gasteiger partial charge in [0.15, 0.2) is 0 Å². The topological polar surface area (TPSA) is 57.3 Å². The predicted octanol–water partition coefficient (Wildman–Crippen LogP) is 4.59. The molecule has 1 aliphatic heterocycles. The molecule has 0 spiro atoms. The van der Waals surface area contributed by atoms with Crippen molar-refractivity contribution in [2.45, 2.75) is 39.5 Å². The number of hydrogen-bond donors (Lipinski definition) is 2. The second-order valence-corrected chi connectivity index (χ2v) is 7.59. The van der Waals surface area contributed by atoms with Crippen molar-refractivity contribution >= 4 is 23.1 Å². The summed E-state index contributed by atoms with van der Waals surface area (Å²) in [7, 11) is 0. The Labute approximate surface area is 162 Å². The minimum Gasteiger partial charge on any atom is -0.372 e. The van der Waals surface area contributed by atoms with Crippen molar-refractivity contribution in [2.24, 2.45) is 5.92 Å². The Kier molecular flexibility index (Phi) is 6.69. The van der Waals surface area contributed by atoms with E-state index in [-0.39, 0.29) is 5.91 Å². The van der Waals surface area contributed by atoms with Gasteiger partial charge in [-0.05, 0) is 68.0 Å². The third kappa shape index (κ3) is 5.71. The number of pyridine rings is 1. The van der Waals surface area contributed by atoms with Crippen LogP contribution in [0, 0.1) is 5.92 Å². The summed E-state index contributed by atoms with van der Waals surface area (Å²) in [6.45, 7) is 7.28. The van der Waals surface area contributed by atoms with Gasteiger partial charge in [0.05, 0.1) is 0 Å². The lowest BCUT2D eigenvalue weighted by atomic mass is 10.1. The van der Waals surface area contributed by atoms with Crippen molar-refractivity contribution in [3.63, 3.8) is 0 Å². The minimum absolute atomic E-state index is 0.0541. The molecule has 5 heteroatoms. The fourth-order valence-electron chi connectivity index (χ4n) is 3.27. The van der Waals surface area contributed by atoms with E-state index in [1.54, 1.807) is 18.3 Å². The highest BCUT2D eigenvalue weighted by Crippen LogP contribution is 2.23. The number of nitrogens with one attached hydrogen (secondary N) is 2. The fourth-order valence-corrected chi connectivity index (χ4v) is 3.27. The van der Waals surface area contributed by atoms with Crippen molar-refractivity contribution in [1.29, 1.82) is 0 Å². The van der Waals surface area contributed by atoms with Crippen LogP contribution in [0.25, 0.3) is 0 Å². The molecule has 1 aromatic heterocycles. The van der Waals surface area contributed by atoms with Crippen molar-refractivity contribution in [1.82, 2.24) is 10.3 Å². The molecule has 0 saturated carbocycles. The lowest BCUT2D eigenvalue weighted by Crippen LogP contribution is -2.29. The molecule has 1 aromatic carbocycles. The van der Waals surface area contributed by atoms with Gasteiger partial charge in [0.2, 0.25) is 0 Å². The Morgan fingerprint density at radius 2 is 1.85 bits per heavy atom. The summed E-state index contributed by atoms with van der Waals surface area (Å²) in [4.78, 5) is 19.1. The Bertz CT molecular complexity index is 736. The summed E-state index contributed by atoms with van der Waals surface area (Å²) in [5.41, 5.74) is 2.87. The van der Waals surface area contributed by atoms with Crippen molar-refractivity contribution in [2.75, 3.05) is 29.9 Å². The molecule has 1 amide bonds. The molecule has 5 nitrogen and oxygen atoms in total. The van der Waals surface area contributed by atoms with E-state index >= 15 is 0 Å². The van der Waals surface area contributed by atoms with E-state index < -0.39 is 0 Å². The third-order valence-electron chi connectivity index (χ3n) is 4.89. The molecule has 0 unspecified atom stereocenters. The molecular weight excluding hydrogens is 336 g/mol. The normalized spacial score (nSPS) is 14.3. The molecule has 1 fully saturated rings. The molecule has 2 N–H and O–H groups in total. The SMILES string of the molecule is CC(C)CCNC(=O)c1ccnc(Nc2ccc(N3CCCCC3)cc2)c1. The molecular formula is C22H30N4O. The van der Waals surface area contributed by atoms with Crippen LogP contribution in [0.4, 0.5) is 17.2 Å². The Hall–Kier alpha value is -2.56. The van der Waals surface area contributed by atoms with Crippen molar-refractivity contribution in [3.05, 3.63) is 48.2 Å². The van der Waals surface area contributed by atoms with Gasteiger partial charge in [0, 0.05) is 42.8 Å². The van der Waals surface area contributed by atoms with Crippen LogP contribution in [0.3, 0.4) is 0 Å². The molecule has 144 valence electrons. The minimum atomic E-state index is -0.0541. The molecule has 2 heterocycles. The van der Waals surface area contributed by atoms with Gasteiger partial charge in [-0.2, -0.15) is 0 Å². The van der Waals surface area contributed by atoms with Gasteiger partial charge in [-0.25, -0.2) is 4.98 Å². The zero-order chi connectivity index (χ0) is 19.1. The van der Waals surface area contributed by atoms with Crippen molar-refractivity contribution < 1.29 is 4.79 Å². The number of benzene rings is 1. The maximum atomic E-state index is 12.3. The largest absolute Gasteiger partial charge is 0.372 e. The van der Waals surface area contributed by atoms with Crippen LogP contribution in [0.15, 0.2) is 42.6 Å². The van der Waals surface area contributed by atoms with E-state index in [0.717, 1.165) is 25.2 Å². The highest BCUT2D eigenvalue weighted by Gasteiger charge is 2.11. The summed E-state index contributed by atoms with van der Waals surface area (Å²) in [5, 5.41) is 6.26. The Morgan fingerprint density at radius 3 is 2.56 bits per heavy atom. The number of aromatic nitrogens is 1.